The van der Waals surface area contributed by atoms with Gasteiger partial charge in [0.15, 0.2) is 0 Å². The Hall–Kier alpha value is -1.42. The van der Waals surface area contributed by atoms with Gasteiger partial charge < -0.3 is 9.47 Å². The van der Waals surface area contributed by atoms with Gasteiger partial charge in [0.05, 0.1) is 18.9 Å². The Morgan fingerprint density at radius 3 is 3.36 bits per heavy atom. The lowest BCUT2D eigenvalue weighted by atomic mass is 10.1. The van der Waals surface area contributed by atoms with E-state index in [1.54, 1.807) is 6.08 Å². The first-order valence-electron chi connectivity index (χ1n) is 4.57. The van der Waals surface area contributed by atoms with E-state index < -0.39 is 0 Å². The topological polar surface area (TPSA) is 44.2 Å². The molecular weight excluding hydrogens is 180 g/mol. The average molecular weight is 192 g/mol. The van der Waals surface area contributed by atoms with Crippen molar-refractivity contribution in [1.82, 2.24) is 10.2 Å². The minimum atomic E-state index is 0.453. The van der Waals surface area contributed by atoms with E-state index in [4.69, 9.17) is 9.47 Å². The lowest BCUT2D eigenvalue weighted by Crippen LogP contribution is -2.13. The molecule has 1 aliphatic rings. The van der Waals surface area contributed by atoms with Gasteiger partial charge in [-0.1, -0.05) is 12.7 Å². The molecule has 1 aliphatic heterocycles. The normalized spacial score (nSPS) is 14.6. The Kier molecular flexibility index (Phi) is 2.74. The summed E-state index contributed by atoms with van der Waals surface area (Å²) >= 11 is 0. The molecule has 1 aromatic rings. The quantitative estimate of drug-likeness (QED) is 0.673. The predicted molar refractivity (Wildman–Crippen MR) is 51.1 cm³/mol. The Bertz CT molecular complexity index is 339. The molecular formula is C10H12N2O2. The molecule has 0 radical (unpaired) electrons. The van der Waals surface area contributed by atoms with Crippen LogP contribution in [0.1, 0.15) is 11.3 Å². The number of fused-ring (bicyclic) bond motifs is 1. The van der Waals surface area contributed by atoms with Gasteiger partial charge in [-0.3, -0.25) is 0 Å². The van der Waals surface area contributed by atoms with Crippen molar-refractivity contribution in [3.63, 3.8) is 0 Å². The summed E-state index contributed by atoms with van der Waals surface area (Å²) in [4.78, 5) is 0. The van der Waals surface area contributed by atoms with Crippen molar-refractivity contribution in [3.8, 4) is 5.88 Å². The van der Waals surface area contributed by atoms with Gasteiger partial charge in [0, 0.05) is 18.1 Å². The fourth-order valence-electron chi connectivity index (χ4n) is 1.34. The van der Waals surface area contributed by atoms with E-state index in [0.717, 1.165) is 24.3 Å². The number of ether oxygens (including phenoxy) is 2. The monoisotopic (exact) mass is 192 g/mol. The van der Waals surface area contributed by atoms with Crippen LogP contribution in [0.25, 0.3) is 0 Å². The Morgan fingerprint density at radius 1 is 1.57 bits per heavy atom. The lowest BCUT2D eigenvalue weighted by molar-refractivity contribution is 0.108. The molecule has 2 heterocycles. The van der Waals surface area contributed by atoms with Crippen LogP contribution in [0.2, 0.25) is 0 Å². The molecule has 0 amide bonds. The van der Waals surface area contributed by atoms with Gasteiger partial charge >= 0.3 is 0 Å². The molecule has 0 unspecified atom stereocenters. The van der Waals surface area contributed by atoms with E-state index in [-0.39, 0.29) is 0 Å². The third-order valence-corrected chi connectivity index (χ3v) is 2.03. The second-order valence-electron chi connectivity index (χ2n) is 3.06. The summed E-state index contributed by atoms with van der Waals surface area (Å²) in [6.07, 6.45) is 2.52. The summed E-state index contributed by atoms with van der Waals surface area (Å²) in [5, 5.41) is 8.04. The number of hydrogen-bond donors (Lipinski definition) is 0. The maximum Gasteiger partial charge on any atom is 0.234 e. The molecule has 74 valence electrons. The summed E-state index contributed by atoms with van der Waals surface area (Å²) < 4.78 is 10.6. The van der Waals surface area contributed by atoms with Gasteiger partial charge in [-0.25, -0.2) is 0 Å². The first-order chi connectivity index (χ1) is 6.90. The van der Waals surface area contributed by atoms with E-state index in [1.807, 2.05) is 6.07 Å². The van der Waals surface area contributed by atoms with Crippen LogP contribution in [0.3, 0.4) is 0 Å². The van der Waals surface area contributed by atoms with Crippen molar-refractivity contribution in [2.24, 2.45) is 0 Å². The van der Waals surface area contributed by atoms with Gasteiger partial charge in [0.1, 0.15) is 6.61 Å². The highest BCUT2D eigenvalue weighted by molar-refractivity contribution is 5.25. The zero-order chi connectivity index (χ0) is 9.80. The molecule has 0 atom stereocenters. The Balaban J connectivity index is 2.16. The maximum absolute atomic E-state index is 5.31. The fourth-order valence-corrected chi connectivity index (χ4v) is 1.34. The molecule has 0 saturated heterocycles. The molecule has 0 bridgehead atoms. The first kappa shape index (κ1) is 9.15. The van der Waals surface area contributed by atoms with Crippen molar-refractivity contribution < 1.29 is 9.47 Å². The molecule has 14 heavy (non-hydrogen) atoms. The lowest BCUT2D eigenvalue weighted by Gasteiger charge is -2.14. The zero-order valence-electron chi connectivity index (χ0n) is 7.90. The van der Waals surface area contributed by atoms with Crippen molar-refractivity contribution in [3.05, 3.63) is 30.0 Å². The predicted octanol–water partition coefficient (Wildman–Crippen LogP) is 1.11. The van der Waals surface area contributed by atoms with Crippen LogP contribution in [0, 0.1) is 0 Å². The van der Waals surface area contributed by atoms with Gasteiger partial charge in [0.25, 0.3) is 0 Å². The Labute approximate surface area is 82.6 Å². The smallest absolute Gasteiger partial charge is 0.234 e. The van der Waals surface area contributed by atoms with Gasteiger partial charge in [-0.15, -0.1) is 5.10 Å². The van der Waals surface area contributed by atoms with Crippen molar-refractivity contribution in [2.45, 2.75) is 13.0 Å². The highest BCUT2D eigenvalue weighted by Gasteiger charge is 2.12. The van der Waals surface area contributed by atoms with E-state index in [1.165, 1.54) is 0 Å². The second-order valence-corrected chi connectivity index (χ2v) is 3.06. The minimum absolute atomic E-state index is 0.453. The van der Waals surface area contributed by atoms with E-state index in [9.17, 15) is 0 Å². The van der Waals surface area contributed by atoms with E-state index in [2.05, 4.69) is 16.8 Å². The summed E-state index contributed by atoms with van der Waals surface area (Å²) in [5.74, 6) is 0.536. The van der Waals surface area contributed by atoms with Crippen LogP contribution in [0.5, 0.6) is 5.88 Å². The molecule has 0 aliphatic carbocycles. The third-order valence-electron chi connectivity index (χ3n) is 2.03. The van der Waals surface area contributed by atoms with Crippen molar-refractivity contribution in [2.75, 3.05) is 13.2 Å². The minimum Gasteiger partial charge on any atom is -0.472 e. The molecule has 0 aromatic carbocycles. The summed E-state index contributed by atoms with van der Waals surface area (Å²) in [5.41, 5.74) is 2.09. The number of nitrogens with zero attached hydrogens (tertiary/aromatic N) is 2. The van der Waals surface area contributed by atoms with E-state index >= 15 is 0 Å². The van der Waals surface area contributed by atoms with Gasteiger partial charge in [0.2, 0.25) is 5.88 Å². The number of aromatic nitrogens is 2. The molecule has 0 N–H and O–H groups in total. The largest absolute Gasteiger partial charge is 0.472 e. The number of hydrogen-bond acceptors (Lipinski definition) is 4. The van der Waals surface area contributed by atoms with Crippen LogP contribution >= 0.6 is 0 Å². The Morgan fingerprint density at radius 2 is 2.50 bits per heavy atom. The van der Waals surface area contributed by atoms with Gasteiger partial charge in [-0.2, -0.15) is 5.10 Å². The fraction of sp³-hybridized carbons (Fsp3) is 0.400. The SMILES string of the molecule is C=CCOc1cc2c(nn1)CCOC2. The summed E-state index contributed by atoms with van der Waals surface area (Å²) in [6, 6.07) is 1.88. The van der Waals surface area contributed by atoms with Crippen LogP contribution in [-0.4, -0.2) is 23.4 Å². The number of rotatable bonds is 3. The maximum atomic E-state index is 5.31. The van der Waals surface area contributed by atoms with Crippen molar-refractivity contribution in [1.29, 1.82) is 0 Å². The highest BCUT2D eigenvalue weighted by atomic mass is 16.5. The van der Waals surface area contributed by atoms with Crippen LogP contribution in [0.15, 0.2) is 18.7 Å². The molecule has 0 fully saturated rings. The van der Waals surface area contributed by atoms with Gasteiger partial charge in [-0.05, 0) is 0 Å². The second kappa shape index (κ2) is 4.19. The first-order valence-corrected chi connectivity index (χ1v) is 4.57. The molecule has 1 aromatic heterocycles. The molecule has 0 saturated carbocycles. The van der Waals surface area contributed by atoms with Crippen LogP contribution < -0.4 is 4.74 Å². The van der Waals surface area contributed by atoms with Crippen LogP contribution in [0.4, 0.5) is 0 Å². The standard InChI is InChI=1S/C10H12N2O2/c1-2-4-14-10-6-8-7-13-5-3-9(8)11-12-10/h2,6H,1,3-5,7H2. The molecule has 4 heteroatoms. The average Bonchev–Trinajstić information content (AvgIpc) is 2.26. The highest BCUT2D eigenvalue weighted by Crippen LogP contribution is 2.17. The molecule has 2 rings (SSSR count). The summed E-state index contributed by atoms with van der Waals surface area (Å²) in [7, 11) is 0. The summed E-state index contributed by atoms with van der Waals surface area (Å²) in [6.45, 7) is 5.36. The van der Waals surface area contributed by atoms with Crippen LogP contribution in [-0.2, 0) is 17.8 Å². The third kappa shape index (κ3) is 1.90. The van der Waals surface area contributed by atoms with E-state index in [0.29, 0.717) is 19.1 Å². The molecule has 0 spiro atoms. The van der Waals surface area contributed by atoms with Crippen molar-refractivity contribution >= 4 is 0 Å². The molecule has 4 nitrogen and oxygen atoms in total. The zero-order valence-corrected chi connectivity index (χ0v) is 7.90.